The molecule has 1 spiro atoms. The van der Waals surface area contributed by atoms with Crippen molar-refractivity contribution in [2.24, 2.45) is 23.7 Å². The van der Waals surface area contributed by atoms with E-state index in [1.807, 2.05) is 13.8 Å². The van der Waals surface area contributed by atoms with Crippen LogP contribution in [0.3, 0.4) is 0 Å². The molecular formula is C23H28F2O7. The summed E-state index contributed by atoms with van der Waals surface area (Å²) in [5.74, 6) is -3.79. The summed E-state index contributed by atoms with van der Waals surface area (Å²) in [5.41, 5.74) is -1.26. The monoisotopic (exact) mass is 454 g/mol. The van der Waals surface area contributed by atoms with Gasteiger partial charge in [0.05, 0.1) is 6.42 Å². The maximum Gasteiger partial charge on any atom is 0.308 e. The lowest BCUT2D eigenvalue weighted by Crippen LogP contribution is -2.70. The van der Waals surface area contributed by atoms with Crippen LogP contribution in [-0.4, -0.2) is 35.0 Å². The second-order valence-electron chi connectivity index (χ2n) is 9.83. The number of carboxylic acids is 1. The van der Waals surface area contributed by atoms with E-state index < -0.39 is 53.6 Å². The average molecular weight is 454 g/mol. The molecular weight excluding hydrogens is 426 g/mol. The summed E-state index contributed by atoms with van der Waals surface area (Å²) in [4.78, 5) is 22.7. The molecule has 4 aliphatic heterocycles. The quantitative estimate of drug-likeness (QED) is 0.684. The zero-order valence-corrected chi connectivity index (χ0v) is 18.3. The van der Waals surface area contributed by atoms with E-state index in [4.69, 9.17) is 29.1 Å². The van der Waals surface area contributed by atoms with Crippen LogP contribution in [0.25, 0.3) is 0 Å². The highest BCUT2D eigenvalue weighted by Gasteiger charge is 2.69. The third kappa shape index (κ3) is 3.32. The van der Waals surface area contributed by atoms with Crippen molar-refractivity contribution in [1.82, 2.24) is 0 Å². The molecule has 0 amide bonds. The summed E-state index contributed by atoms with van der Waals surface area (Å²) >= 11 is 0. The van der Waals surface area contributed by atoms with E-state index in [2.05, 4.69) is 6.92 Å². The second-order valence-corrected chi connectivity index (χ2v) is 9.83. The Kier molecular flexibility index (Phi) is 5.24. The van der Waals surface area contributed by atoms with Crippen LogP contribution in [0, 0.1) is 35.3 Å². The number of fused-ring (bicyclic) bond motifs is 2. The first-order chi connectivity index (χ1) is 15.1. The van der Waals surface area contributed by atoms with E-state index in [0.29, 0.717) is 12.3 Å². The van der Waals surface area contributed by atoms with Crippen molar-refractivity contribution in [2.75, 3.05) is 0 Å². The highest BCUT2D eigenvalue weighted by molar-refractivity contribution is 5.70. The summed E-state index contributed by atoms with van der Waals surface area (Å²) < 4.78 is 47.2. The first kappa shape index (κ1) is 22.0. The normalized spacial score (nSPS) is 42.8. The van der Waals surface area contributed by atoms with Gasteiger partial charge in [-0.25, -0.2) is 18.6 Å². The van der Waals surface area contributed by atoms with Gasteiger partial charge in [-0.05, 0) is 38.0 Å². The van der Waals surface area contributed by atoms with Crippen LogP contribution in [-0.2, 0) is 30.5 Å². The van der Waals surface area contributed by atoms with Crippen molar-refractivity contribution in [3.63, 3.8) is 0 Å². The van der Waals surface area contributed by atoms with Crippen LogP contribution in [0.1, 0.15) is 52.0 Å². The van der Waals surface area contributed by atoms with Crippen molar-refractivity contribution < 1.29 is 42.7 Å². The fraction of sp³-hybridized carbons (Fsp3) is 0.696. The van der Waals surface area contributed by atoms with E-state index >= 15 is 0 Å². The predicted octanol–water partition coefficient (Wildman–Crippen LogP) is 4.18. The molecule has 32 heavy (non-hydrogen) atoms. The van der Waals surface area contributed by atoms with Crippen LogP contribution >= 0.6 is 0 Å². The van der Waals surface area contributed by atoms with E-state index in [1.54, 1.807) is 0 Å². The molecule has 7 nitrogen and oxygen atoms in total. The highest BCUT2D eigenvalue weighted by atomic mass is 19.1. The highest BCUT2D eigenvalue weighted by Crippen LogP contribution is 2.60. The summed E-state index contributed by atoms with van der Waals surface area (Å²) in [6, 6.07) is 1.99. The summed E-state index contributed by atoms with van der Waals surface area (Å²) in [5, 5.41) is 8.87. The molecule has 1 N–H and O–H groups in total. The summed E-state index contributed by atoms with van der Waals surface area (Å²) in [7, 11) is 0. The maximum absolute atomic E-state index is 14.4. The number of halogens is 2. The first-order valence-electron chi connectivity index (χ1n) is 11.2. The molecule has 6 rings (SSSR count). The fourth-order valence-electron chi connectivity index (χ4n) is 6.11. The van der Waals surface area contributed by atoms with Crippen molar-refractivity contribution in [3.8, 4) is 5.75 Å². The van der Waals surface area contributed by atoms with Crippen LogP contribution in [0.5, 0.6) is 5.75 Å². The van der Waals surface area contributed by atoms with Gasteiger partial charge in [0.25, 0.3) is 0 Å². The molecule has 0 radical (unpaired) electrons. The molecule has 9 heteroatoms. The lowest BCUT2D eigenvalue weighted by molar-refractivity contribution is -0.575. The molecule has 1 aromatic rings. The molecule has 1 aromatic carbocycles. The first-order valence-corrected chi connectivity index (χ1v) is 11.2. The van der Waals surface area contributed by atoms with Gasteiger partial charge < -0.3 is 19.3 Å². The lowest BCUT2D eigenvalue weighted by Gasteiger charge is -2.60. The molecule has 4 saturated heterocycles. The fourth-order valence-corrected chi connectivity index (χ4v) is 6.11. The average Bonchev–Trinajstić information content (AvgIpc) is 2.94. The number of hydrogen-bond donors (Lipinski definition) is 1. The van der Waals surface area contributed by atoms with Gasteiger partial charge in [-0.1, -0.05) is 13.8 Å². The smallest absolute Gasteiger partial charge is 0.308 e. The van der Waals surface area contributed by atoms with E-state index in [1.165, 1.54) is 0 Å². The molecule has 2 bridgehead atoms. The van der Waals surface area contributed by atoms with Crippen LogP contribution in [0.2, 0.25) is 0 Å². The van der Waals surface area contributed by atoms with Crippen molar-refractivity contribution >= 4 is 5.97 Å². The minimum Gasteiger partial charge on any atom is -0.481 e. The number of benzene rings is 1. The third-order valence-electron chi connectivity index (χ3n) is 7.79. The number of hydrogen-bond acceptors (Lipinski definition) is 6. The van der Waals surface area contributed by atoms with Crippen LogP contribution < -0.4 is 4.74 Å². The molecule has 4 heterocycles. The van der Waals surface area contributed by atoms with Gasteiger partial charge in [-0.2, -0.15) is 0 Å². The standard InChI is InChI=1S/C23H28F2O7/c1-11-4-5-16-12(2)20(28-13-8-17(24)14(10-19(26)27)18(25)9-13)29-21-23(16)15(11)6-7-22(3,30-21)31-32-23/h8-9,11-12,15-16,20-21H,4-7,10H2,1-3H3,(H,26,27)/t11-,12-,15+,16+,20+,21-,22-,23-/m1/s1. The van der Waals surface area contributed by atoms with E-state index in [-0.39, 0.29) is 23.5 Å². The molecule has 1 aliphatic carbocycles. The molecule has 8 atom stereocenters. The SMILES string of the molecule is C[C@H]1[C@@H](Oc2cc(F)c(CC(=O)O)c(F)c2)O[C@@H]2O[C@@]3(C)CC[C@H]4[C@H](C)CC[C@@H]1[C@@]24OO3. The Labute approximate surface area is 184 Å². The zero-order chi connectivity index (χ0) is 22.8. The van der Waals surface area contributed by atoms with Crippen LogP contribution in [0.4, 0.5) is 8.78 Å². The van der Waals surface area contributed by atoms with Crippen molar-refractivity contribution in [3.05, 3.63) is 29.3 Å². The van der Waals surface area contributed by atoms with Gasteiger partial charge in [-0.3, -0.25) is 4.79 Å². The minimum absolute atomic E-state index is 0.0103. The Hall–Kier alpha value is -1.81. The van der Waals surface area contributed by atoms with E-state index in [0.717, 1.165) is 31.4 Å². The van der Waals surface area contributed by atoms with Crippen LogP contribution in [0.15, 0.2) is 12.1 Å². The zero-order valence-electron chi connectivity index (χ0n) is 18.3. The van der Waals surface area contributed by atoms with Gasteiger partial charge in [0.15, 0.2) is 11.9 Å². The topological polar surface area (TPSA) is 83.5 Å². The summed E-state index contributed by atoms with van der Waals surface area (Å²) in [6.45, 7) is 6.01. The molecule has 0 unspecified atom stereocenters. The Morgan fingerprint density at radius 1 is 1.16 bits per heavy atom. The van der Waals surface area contributed by atoms with Crippen molar-refractivity contribution in [2.45, 2.75) is 76.8 Å². The van der Waals surface area contributed by atoms with Gasteiger partial charge in [0.2, 0.25) is 12.1 Å². The van der Waals surface area contributed by atoms with Gasteiger partial charge in [-0.15, -0.1) is 0 Å². The van der Waals surface area contributed by atoms with Gasteiger partial charge in [0.1, 0.15) is 17.4 Å². The van der Waals surface area contributed by atoms with Crippen molar-refractivity contribution in [1.29, 1.82) is 0 Å². The molecule has 176 valence electrons. The van der Waals surface area contributed by atoms with Gasteiger partial charge in [0, 0.05) is 36.0 Å². The minimum atomic E-state index is -1.32. The number of ether oxygens (including phenoxy) is 3. The maximum atomic E-state index is 14.4. The number of rotatable bonds is 4. The third-order valence-corrected chi connectivity index (χ3v) is 7.79. The lowest BCUT2D eigenvalue weighted by atomic mass is 9.58. The Balaban J connectivity index is 1.44. The number of aliphatic carboxylic acids is 1. The summed E-state index contributed by atoms with van der Waals surface area (Å²) in [6.07, 6.45) is 1.16. The Bertz CT molecular complexity index is 903. The largest absolute Gasteiger partial charge is 0.481 e. The Morgan fingerprint density at radius 2 is 1.88 bits per heavy atom. The molecule has 0 aromatic heterocycles. The molecule has 5 fully saturated rings. The number of carboxylic acid groups (broad SMARTS) is 1. The Morgan fingerprint density at radius 3 is 2.56 bits per heavy atom. The molecule has 1 saturated carbocycles. The number of carbonyl (C=O) groups is 1. The molecule has 5 aliphatic rings. The predicted molar refractivity (Wildman–Crippen MR) is 105 cm³/mol. The van der Waals surface area contributed by atoms with Gasteiger partial charge >= 0.3 is 5.97 Å². The van der Waals surface area contributed by atoms with E-state index in [9.17, 15) is 13.6 Å². The second kappa shape index (κ2) is 7.62.